The van der Waals surface area contributed by atoms with E-state index in [-0.39, 0.29) is 12.5 Å². The van der Waals surface area contributed by atoms with Crippen LogP contribution in [0.4, 0.5) is 0 Å². The van der Waals surface area contributed by atoms with Crippen LogP contribution in [0, 0.1) is 5.92 Å². The molecule has 6 heteroatoms. The van der Waals surface area contributed by atoms with Crippen molar-refractivity contribution in [2.45, 2.75) is 32.2 Å². The van der Waals surface area contributed by atoms with E-state index in [4.69, 9.17) is 4.74 Å². The molecule has 0 spiro atoms. The molecule has 1 amide bonds. The van der Waals surface area contributed by atoms with Crippen LogP contribution in [0.1, 0.15) is 30.4 Å². The first-order valence-corrected chi connectivity index (χ1v) is 9.63. The highest BCUT2D eigenvalue weighted by Crippen LogP contribution is 2.28. The van der Waals surface area contributed by atoms with Gasteiger partial charge in [-0.3, -0.25) is 9.79 Å². The van der Waals surface area contributed by atoms with E-state index in [1.807, 2.05) is 11.0 Å². The third-order valence-corrected chi connectivity index (χ3v) is 4.92. The Balaban J connectivity index is 1.32. The van der Waals surface area contributed by atoms with Crippen LogP contribution in [0.15, 0.2) is 29.3 Å². The van der Waals surface area contributed by atoms with Crippen LogP contribution in [0.2, 0.25) is 0 Å². The molecule has 1 aromatic carbocycles. The Hall–Kier alpha value is -2.08. The Labute approximate surface area is 156 Å². The standard InChI is InChI=1S/C20H30N4O2/c1-21-20(22-10-4-12-26-15-16-7-8-16)23-13-19(25)24-11-9-17-5-2-3-6-18(17)14-24/h2-3,5-6,16H,4,7-15H2,1H3,(H2,21,22,23). The van der Waals surface area contributed by atoms with Gasteiger partial charge in [-0.2, -0.15) is 0 Å². The lowest BCUT2D eigenvalue weighted by Crippen LogP contribution is -2.46. The zero-order valence-corrected chi connectivity index (χ0v) is 15.7. The molecule has 0 unspecified atom stereocenters. The van der Waals surface area contributed by atoms with Gasteiger partial charge in [-0.15, -0.1) is 0 Å². The maximum absolute atomic E-state index is 12.5. The second-order valence-corrected chi connectivity index (χ2v) is 7.06. The zero-order valence-electron chi connectivity index (χ0n) is 15.7. The summed E-state index contributed by atoms with van der Waals surface area (Å²) in [5.74, 6) is 1.58. The topological polar surface area (TPSA) is 66.0 Å². The van der Waals surface area contributed by atoms with Gasteiger partial charge in [0.05, 0.1) is 6.54 Å². The number of aliphatic imine (C=N–C) groups is 1. The Morgan fingerprint density at radius 2 is 2.08 bits per heavy atom. The van der Waals surface area contributed by atoms with Crippen LogP contribution in [-0.4, -0.2) is 56.7 Å². The maximum Gasteiger partial charge on any atom is 0.242 e. The van der Waals surface area contributed by atoms with Crippen LogP contribution in [-0.2, 0) is 22.5 Å². The second kappa shape index (κ2) is 9.57. The third kappa shape index (κ3) is 5.73. The smallest absolute Gasteiger partial charge is 0.242 e. The number of guanidine groups is 1. The van der Waals surface area contributed by atoms with Crippen molar-refractivity contribution in [3.8, 4) is 0 Å². The van der Waals surface area contributed by atoms with Gasteiger partial charge in [0, 0.05) is 39.9 Å². The zero-order chi connectivity index (χ0) is 18.2. The monoisotopic (exact) mass is 358 g/mol. The quantitative estimate of drug-likeness (QED) is 0.420. The van der Waals surface area contributed by atoms with E-state index < -0.39 is 0 Å². The summed E-state index contributed by atoms with van der Waals surface area (Å²) in [6, 6.07) is 8.35. The molecule has 1 heterocycles. The predicted molar refractivity (Wildman–Crippen MR) is 103 cm³/mol. The molecule has 1 fully saturated rings. The van der Waals surface area contributed by atoms with Crippen LogP contribution >= 0.6 is 0 Å². The third-order valence-electron chi connectivity index (χ3n) is 4.92. The molecule has 0 radical (unpaired) electrons. The maximum atomic E-state index is 12.5. The summed E-state index contributed by atoms with van der Waals surface area (Å²) in [6.45, 7) is 4.20. The molecule has 1 aromatic rings. The molecule has 2 N–H and O–H groups in total. The number of rotatable bonds is 8. The molecule has 2 aliphatic rings. The van der Waals surface area contributed by atoms with Gasteiger partial charge in [0.15, 0.2) is 5.96 Å². The molecule has 0 saturated heterocycles. The fourth-order valence-electron chi connectivity index (χ4n) is 3.12. The van der Waals surface area contributed by atoms with Crippen molar-refractivity contribution in [1.29, 1.82) is 0 Å². The molecule has 1 aliphatic heterocycles. The average Bonchev–Trinajstić information content (AvgIpc) is 3.50. The van der Waals surface area contributed by atoms with Crippen molar-refractivity contribution < 1.29 is 9.53 Å². The van der Waals surface area contributed by atoms with Crippen molar-refractivity contribution in [3.63, 3.8) is 0 Å². The minimum atomic E-state index is 0.107. The largest absolute Gasteiger partial charge is 0.381 e. The number of nitrogens with one attached hydrogen (secondary N) is 2. The van der Waals surface area contributed by atoms with Crippen LogP contribution < -0.4 is 10.6 Å². The van der Waals surface area contributed by atoms with Crippen molar-refractivity contribution in [3.05, 3.63) is 35.4 Å². The number of amides is 1. The number of fused-ring (bicyclic) bond motifs is 1. The van der Waals surface area contributed by atoms with Crippen LogP contribution in [0.5, 0.6) is 0 Å². The van der Waals surface area contributed by atoms with E-state index in [1.54, 1.807) is 7.05 Å². The summed E-state index contributed by atoms with van der Waals surface area (Å²) in [6.07, 6.45) is 4.51. The predicted octanol–water partition coefficient (Wildman–Crippen LogP) is 1.55. The van der Waals surface area contributed by atoms with Crippen LogP contribution in [0.3, 0.4) is 0 Å². The van der Waals surface area contributed by atoms with E-state index in [1.165, 1.54) is 24.0 Å². The molecule has 3 rings (SSSR count). The molecule has 0 atom stereocenters. The van der Waals surface area contributed by atoms with Crippen molar-refractivity contribution in [1.82, 2.24) is 15.5 Å². The highest BCUT2D eigenvalue weighted by atomic mass is 16.5. The summed E-state index contributed by atoms with van der Waals surface area (Å²) in [5.41, 5.74) is 2.60. The highest BCUT2D eigenvalue weighted by molar-refractivity contribution is 5.86. The molecule has 26 heavy (non-hydrogen) atoms. The molecular weight excluding hydrogens is 328 g/mol. The van der Waals surface area contributed by atoms with Crippen molar-refractivity contribution in [2.75, 3.05) is 39.9 Å². The Morgan fingerprint density at radius 1 is 1.27 bits per heavy atom. The highest BCUT2D eigenvalue weighted by Gasteiger charge is 2.21. The van der Waals surface area contributed by atoms with E-state index in [2.05, 4.69) is 33.8 Å². The molecule has 0 bridgehead atoms. The lowest BCUT2D eigenvalue weighted by atomic mass is 10.00. The van der Waals surface area contributed by atoms with E-state index >= 15 is 0 Å². The lowest BCUT2D eigenvalue weighted by molar-refractivity contribution is -0.130. The van der Waals surface area contributed by atoms with Gasteiger partial charge in [-0.05, 0) is 42.7 Å². The van der Waals surface area contributed by atoms with Gasteiger partial charge in [0.2, 0.25) is 5.91 Å². The van der Waals surface area contributed by atoms with Gasteiger partial charge in [-0.1, -0.05) is 24.3 Å². The Morgan fingerprint density at radius 3 is 2.85 bits per heavy atom. The first kappa shape index (κ1) is 18.7. The lowest BCUT2D eigenvalue weighted by Gasteiger charge is -2.29. The molecule has 6 nitrogen and oxygen atoms in total. The Bertz CT molecular complexity index is 628. The Kier molecular flexibility index (Phi) is 6.89. The second-order valence-electron chi connectivity index (χ2n) is 7.06. The minimum Gasteiger partial charge on any atom is -0.381 e. The summed E-state index contributed by atoms with van der Waals surface area (Å²) < 4.78 is 5.62. The summed E-state index contributed by atoms with van der Waals surface area (Å²) >= 11 is 0. The number of ether oxygens (including phenoxy) is 1. The number of carbonyl (C=O) groups excluding carboxylic acids is 1. The van der Waals surface area contributed by atoms with Gasteiger partial charge in [0.25, 0.3) is 0 Å². The van der Waals surface area contributed by atoms with Gasteiger partial charge in [-0.25, -0.2) is 0 Å². The first-order chi connectivity index (χ1) is 12.8. The average molecular weight is 358 g/mol. The first-order valence-electron chi connectivity index (χ1n) is 9.63. The summed E-state index contributed by atoms with van der Waals surface area (Å²) in [4.78, 5) is 18.6. The van der Waals surface area contributed by atoms with Gasteiger partial charge in [0.1, 0.15) is 0 Å². The molecule has 142 valence electrons. The van der Waals surface area contributed by atoms with E-state index in [0.29, 0.717) is 12.5 Å². The number of carbonyl (C=O) groups is 1. The number of benzene rings is 1. The van der Waals surface area contributed by atoms with Crippen LogP contribution in [0.25, 0.3) is 0 Å². The van der Waals surface area contributed by atoms with Gasteiger partial charge >= 0.3 is 0 Å². The molecule has 0 aromatic heterocycles. The van der Waals surface area contributed by atoms with Crippen molar-refractivity contribution >= 4 is 11.9 Å². The summed E-state index contributed by atoms with van der Waals surface area (Å²) in [7, 11) is 1.72. The summed E-state index contributed by atoms with van der Waals surface area (Å²) in [5, 5.41) is 6.35. The number of hydrogen-bond donors (Lipinski definition) is 2. The molecule has 1 saturated carbocycles. The van der Waals surface area contributed by atoms with E-state index in [9.17, 15) is 4.79 Å². The normalized spacial score (nSPS) is 17.0. The fourth-order valence-corrected chi connectivity index (χ4v) is 3.12. The van der Waals surface area contributed by atoms with E-state index in [0.717, 1.165) is 45.1 Å². The van der Waals surface area contributed by atoms with Crippen molar-refractivity contribution in [2.24, 2.45) is 10.9 Å². The fraction of sp³-hybridized carbons (Fsp3) is 0.600. The number of nitrogens with zero attached hydrogens (tertiary/aromatic N) is 2. The van der Waals surface area contributed by atoms with Gasteiger partial charge < -0.3 is 20.3 Å². The number of hydrogen-bond acceptors (Lipinski definition) is 3. The minimum absolute atomic E-state index is 0.107. The SMILES string of the molecule is CN=C(NCCCOCC1CC1)NCC(=O)N1CCc2ccccc2C1. The molecule has 1 aliphatic carbocycles. The molecular formula is C20H30N4O2.